The van der Waals surface area contributed by atoms with Gasteiger partial charge in [0, 0.05) is 54.0 Å². The normalized spacial score (nSPS) is 9.33. The van der Waals surface area contributed by atoms with Gasteiger partial charge in [0.05, 0.1) is 0 Å². The Balaban J connectivity index is 3.14. The summed E-state index contributed by atoms with van der Waals surface area (Å²) in [5.74, 6) is 0. The number of halogens is 2. The maximum Gasteiger partial charge on any atom is 0.0447 e. The molecule has 0 aromatic heterocycles. The molecule has 0 aliphatic carbocycles. The van der Waals surface area contributed by atoms with Crippen molar-refractivity contribution in [3.05, 3.63) is 0 Å². The number of rotatable bonds is 1. The van der Waals surface area contributed by atoms with E-state index in [1.165, 1.54) is 0 Å². The lowest BCUT2D eigenvalue weighted by molar-refractivity contribution is 1.16. The maximum absolute atomic E-state index is 4.13. The van der Waals surface area contributed by atoms with Crippen LogP contribution in [-0.2, 0) is 5.03 Å². The summed E-state index contributed by atoms with van der Waals surface area (Å²) < 4.78 is 4.13. The molecule has 0 rings (SSSR count). The lowest BCUT2D eigenvalue weighted by Crippen LogP contribution is -1.61. The van der Waals surface area contributed by atoms with Crippen LogP contribution < -0.4 is 0 Å². The molecule has 0 aliphatic heterocycles. The fourth-order valence-corrected chi connectivity index (χ4v) is 1.96. The van der Waals surface area contributed by atoms with Gasteiger partial charge >= 0.3 is 0 Å². The predicted octanol–water partition coefficient (Wildman–Crippen LogP) is 2.51. The summed E-state index contributed by atoms with van der Waals surface area (Å²) in [5.41, 5.74) is 0. The zero-order chi connectivity index (χ0) is 4.99. The van der Waals surface area contributed by atoms with E-state index in [-0.39, 0.29) is 5.03 Å². The minimum atomic E-state index is 0.249. The highest BCUT2D eigenvalue weighted by molar-refractivity contribution is 14.3. The van der Waals surface area contributed by atoms with Gasteiger partial charge in [0.15, 0.2) is 0 Å². The Bertz CT molecular complexity index is 58.6. The van der Waals surface area contributed by atoms with Gasteiger partial charge in [-0.2, -0.15) is 0 Å². The zero-order valence-corrected chi connectivity index (χ0v) is 8.45. The van der Waals surface area contributed by atoms with Crippen LogP contribution in [0.1, 0.15) is 6.92 Å². The molecule has 0 radical (unpaired) electrons. The fourth-order valence-electron chi connectivity index (χ4n) is 0.0976. The van der Waals surface area contributed by atoms with E-state index in [1.807, 2.05) is 0 Å². The summed E-state index contributed by atoms with van der Waals surface area (Å²) in [6, 6.07) is 0. The third kappa shape index (κ3) is 5.61. The van der Waals surface area contributed by atoms with Gasteiger partial charge in [-0.05, 0) is 6.92 Å². The average molecular weight is 329 g/mol. The topological polar surface area (TPSA) is 12.4 Å². The van der Waals surface area contributed by atoms with E-state index in [2.05, 4.69) is 53.7 Å². The van der Waals surface area contributed by atoms with Gasteiger partial charge in [0.2, 0.25) is 0 Å². The van der Waals surface area contributed by atoms with Crippen molar-refractivity contribution in [1.29, 1.82) is 0 Å². The minimum absolute atomic E-state index is 0.249. The van der Waals surface area contributed by atoms with Crippen molar-refractivity contribution >= 4 is 47.4 Å². The van der Waals surface area contributed by atoms with Crippen LogP contribution in [0.2, 0.25) is 0 Å². The summed E-state index contributed by atoms with van der Waals surface area (Å²) in [5, 5.41) is 0.249. The molecule has 6 heavy (non-hydrogen) atoms. The van der Waals surface area contributed by atoms with Gasteiger partial charge in [-0.15, -0.1) is 0 Å². The highest BCUT2D eigenvalue weighted by Crippen LogP contribution is 2.07. The van der Waals surface area contributed by atoms with Crippen LogP contribution in [0.5, 0.6) is 0 Å². The Hall–Kier alpha value is 1.61. The Morgan fingerprint density at radius 2 is 2.17 bits per heavy atom. The molecular formula is C2H5I2NS. The average Bonchev–Trinajstić information content (AvgIpc) is 1.35. The molecule has 1 nitrogen and oxygen atoms in total. The molecule has 38 valence electrons. The first-order chi connectivity index (χ1) is 2.77. The molecule has 0 spiro atoms. The molecule has 0 unspecified atom stereocenters. The van der Waals surface area contributed by atoms with Crippen LogP contribution in [-0.4, -0.2) is 6.54 Å². The van der Waals surface area contributed by atoms with Crippen LogP contribution in [0.4, 0.5) is 0 Å². The third-order valence-electron chi connectivity index (χ3n) is 0.227. The third-order valence-corrected chi connectivity index (χ3v) is 2.35. The first-order valence-electron chi connectivity index (χ1n) is 1.51. The summed E-state index contributed by atoms with van der Waals surface area (Å²) in [4.78, 5) is 0. The molecule has 0 heterocycles. The van der Waals surface area contributed by atoms with Crippen molar-refractivity contribution in [3.63, 3.8) is 0 Å². The molecular weight excluding hydrogens is 324 g/mol. The Morgan fingerprint density at radius 1 is 1.67 bits per heavy atom. The van der Waals surface area contributed by atoms with Crippen LogP contribution in [0.25, 0.3) is 0 Å². The molecule has 0 saturated carbocycles. The van der Waals surface area contributed by atoms with Gasteiger partial charge in [-0.3, -0.25) is 0 Å². The summed E-state index contributed by atoms with van der Waals surface area (Å²) in [7, 11) is 0. The molecule has 0 aromatic carbocycles. The van der Waals surface area contributed by atoms with Crippen molar-refractivity contribution in [3.8, 4) is 0 Å². The van der Waals surface area contributed by atoms with Crippen molar-refractivity contribution in [2.45, 2.75) is 6.92 Å². The van der Waals surface area contributed by atoms with Gasteiger partial charge in [0.25, 0.3) is 0 Å². The highest BCUT2D eigenvalue weighted by atomic mass is 127. The Labute approximate surface area is 64.5 Å². The van der Waals surface area contributed by atoms with E-state index < -0.39 is 0 Å². The predicted molar refractivity (Wildman–Crippen MR) is 48.4 cm³/mol. The Morgan fingerprint density at radius 3 is 2.17 bits per heavy atom. The summed E-state index contributed by atoms with van der Waals surface area (Å²) in [6.45, 7) is 3.01. The molecule has 0 amide bonds. The monoisotopic (exact) mass is 329 g/mol. The quantitative estimate of drug-likeness (QED) is 0.656. The smallest absolute Gasteiger partial charge is 0.0447 e. The molecule has 0 atom stereocenters. The van der Waals surface area contributed by atoms with Gasteiger partial charge in [0.1, 0.15) is 0 Å². The summed E-state index contributed by atoms with van der Waals surface area (Å²) in [6.07, 6.45) is 0. The van der Waals surface area contributed by atoms with Gasteiger partial charge in [-0.25, -0.2) is 4.36 Å². The Kier molecular flexibility index (Phi) is 6.04. The lowest BCUT2D eigenvalue weighted by atomic mass is 10.8. The van der Waals surface area contributed by atoms with Crippen LogP contribution in [0, 0.1) is 0 Å². The minimum Gasteiger partial charge on any atom is -0.245 e. The van der Waals surface area contributed by atoms with Crippen molar-refractivity contribution in [2.75, 3.05) is 6.54 Å². The first kappa shape index (κ1) is 7.61. The van der Waals surface area contributed by atoms with Crippen LogP contribution in [0.15, 0.2) is 4.36 Å². The van der Waals surface area contributed by atoms with Crippen molar-refractivity contribution in [1.82, 2.24) is 0 Å². The van der Waals surface area contributed by atoms with E-state index in [0.29, 0.717) is 0 Å². The molecule has 0 saturated heterocycles. The van der Waals surface area contributed by atoms with E-state index in [9.17, 15) is 0 Å². The molecule has 0 aliphatic rings. The van der Waals surface area contributed by atoms with E-state index in [1.54, 1.807) is 0 Å². The molecule has 0 aromatic rings. The van der Waals surface area contributed by atoms with E-state index >= 15 is 0 Å². The second-order valence-corrected chi connectivity index (χ2v) is 11.4. The lowest BCUT2D eigenvalue weighted by Gasteiger charge is -1.78. The van der Waals surface area contributed by atoms with Crippen LogP contribution >= 0.6 is 42.4 Å². The standard InChI is InChI=1S/C2H5I2NS/c1-2-5-6(3)4/h2H2,1H3. The number of hydrogen-bond donors (Lipinski definition) is 0. The highest BCUT2D eigenvalue weighted by Gasteiger charge is 1.70. The second-order valence-electron chi connectivity index (χ2n) is 0.642. The zero-order valence-electron chi connectivity index (χ0n) is 3.32. The maximum atomic E-state index is 4.13. The second kappa shape index (κ2) is 4.76. The molecule has 0 bridgehead atoms. The van der Waals surface area contributed by atoms with Crippen molar-refractivity contribution < 1.29 is 0 Å². The van der Waals surface area contributed by atoms with Gasteiger partial charge in [-0.1, -0.05) is 0 Å². The SMILES string of the molecule is CCN=S(I)I. The van der Waals surface area contributed by atoms with Crippen LogP contribution in [0.3, 0.4) is 0 Å². The van der Waals surface area contributed by atoms with Gasteiger partial charge < -0.3 is 0 Å². The first-order valence-corrected chi connectivity index (χ1v) is 7.78. The summed E-state index contributed by atoms with van der Waals surface area (Å²) >= 11 is 4.58. The largest absolute Gasteiger partial charge is 0.245 e. The van der Waals surface area contributed by atoms with E-state index in [0.717, 1.165) is 6.54 Å². The fraction of sp³-hybridized carbons (Fsp3) is 1.00. The molecule has 0 N–H and O–H groups in total. The van der Waals surface area contributed by atoms with E-state index in [4.69, 9.17) is 0 Å². The number of nitrogens with zero attached hydrogens (tertiary/aromatic N) is 1. The van der Waals surface area contributed by atoms with Crippen molar-refractivity contribution in [2.24, 2.45) is 4.36 Å². The molecule has 4 heteroatoms. The number of hydrogen-bond acceptors (Lipinski definition) is 1. The molecule has 0 fully saturated rings.